The SMILES string of the molecule is C=C=C(C)CC(O)CC[C@@H]1O[C@@H](CCCOC(=O)C(C)(C)C)CC1=C. The van der Waals surface area contributed by atoms with E-state index in [-0.39, 0.29) is 24.3 Å². The molecule has 0 aromatic carbocycles. The molecule has 0 spiro atoms. The van der Waals surface area contributed by atoms with Crippen LogP contribution in [0.25, 0.3) is 0 Å². The van der Waals surface area contributed by atoms with Gasteiger partial charge in [0, 0.05) is 6.42 Å². The Morgan fingerprint density at radius 3 is 2.72 bits per heavy atom. The van der Waals surface area contributed by atoms with Crippen LogP contribution in [0.15, 0.2) is 30.0 Å². The Hall–Kier alpha value is -1.35. The quantitative estimate of drug-likeness (QED) is 0.291. The first-order valence-electron chi connectivity index (χ1n) is 9.17. The second-order valence-corrected chi connectivity index (χ2v) is 8.03. The average Bonchev–Trinajstić information content (AvgIpc) is 2.88. The maximum atomic E-state index is 11.7. The van der Waals surface area contributed by atoms with Gasteiger partial charge in [0.15, 0.2) is 0 Å². The number of carbonyl (C=O) groups excluding carboxylic acids is 1. The standard InChI is InChI=1S/C21H34O4/c1-7-15(2)13-17(22)10-11-19-16(3)14-18(25-19)9-8-12-24-20(23)21(4,5)6/h17-19,22H,1,3,8-14H2,2,4-6H3/t17?,18-,19-/m0/s1. The number of aliphatic hydroxyl groups is 1. The third-order valence-corrected chi connectivity index (χ3v) is 4.42. The van der Waals surface area contributed by atoms with Crippen molar-refractivity contribution in [3.63, 3.8) is 0 Å². The minimum atomic E-state index is -0.455. The summed E-state index contributed by atoms with van der Waals surface area (Å²) in [6, 6.07) is 0. The van der Waals surface area contributed by atoms with Gasteiger partial charge in [0.1, 0.15) is 0 Å². The summed E-state index contributed by atoms with van der Waals surface area (Å²) in [5.41, 5.74) is 4.42. The number of esters is 1. The van der Waals surface area contributed by atoms with E-state index >= 15 is 0 Å². The van der Waals surface area contributed by atoms with E-state index in [4.69, 9.17) is 9.47 Å². The molecule has 1 saturated heterocycles. The Kier molecular flexibility index (Phi) is 8.64. The Morgan fingerprint density at radius 2 is 2.12 bits per heavy atom. The molecule has 3 atom stereocenters. The van der Waals surface area contributed by atoms with Crippen LogP contribution >= 0.6 is 0 Å². The Balaban J connectivity index is 2.25. The monoisotopic (exact) mass is 350 g/mol. The molecule has 0 radical (unpaired) electrons. The molecule has 1 N–H and O–H groups in total. The van der Waals surface area contributed by atoms with E-state index in [1.807, 2.05) is 27.7 Å². The molecule has 25 heavy (non-hydrogen) atoms. The molecule has 0 aromatic heterocycles. The first-order valence-corrected chi connectivity index (χ1v) is 9.17. The van der Waals surface area contributed by atoms with Crippen LogP contribution in [0, 0.1) is 5.41 Å². The van der Waals surface area contributed by atoms with Crippen LogP contribution in [0.5, 0.6) is 0 Å². The van der Waals surface area contributed by atoms with Crippen LogP contribution in [0.4, 0.5) is 0 Å². The molecule has 1 aliphatic rings. The molecular weight excluding hydrogens is 316 g/mol. The Labute approximate surface area is 152 Å². The predicted octanol–water partition coefficient (Wildman–Crippen LogP) is 4.33. The van der Waals surface area contributed by atoms with Gasteiger partial charge in [-0.1, -0.05) is 13.2 Å². The van der Waals surface area contributed by atoms with E-state index in [9.17, 15) is 9.90 Å². The van der Waals surface area contributed by atoms with Gasteiger partial charge in [0.25, 0.3) is 0 Å². The summed E-state index contributed by atoms with van der Waals surface area (Å²) in [4.78, 5) is 11.7. The molecule has 0 saturated carbocycles. The molecule has 0 aromatic rings. The molecule has 1 heterocycles. The summed E-state index contributed by atoms with van der Waals surface area (Å²) in [6.45, 7) is 15.6. The lowest BCUT2D eigenvalue weighted by Crippen LogP contribution is -2.23. The molecule has 1 fully saturated rings. The van der Waals surface area contributed by atoms with Crippen LogP contribution < -0.4 is 0 Å². The van der Waals surface area contributed by atoms with Gasteiger partial charge in [-0.05, 0) is 70.9 Å². The lowest BCUT2D eigenvalue weighted by atomic mass is 9.97. The summed E-state index contributed by atoms with van der Waals surface area (Å²) < 4.78 is 11.3. The molecular formula is C21H34O4. The number of ether oxygens (including phenoxy) is 2. The van der Waals surface area contributed by atoms with Crippen molar-refractivity contribution in [1.29, 1.82) is 0 Å². The molecule has 4 heteroatoms. The highest BCUT2D eigenvalue weighted by Gasteiger charge is 2.29. The maximum absolute atomic E-state index is 11.7. The molecule has 1 unspecified atom stereocenters. The van der Waals surface area contributed by atoms with Crippen molar-refractivity contribution in [1.82, 2.24) is 0 Å². The van der Waals surface area contributed by atoms with E-state index in [1.165, 1.54) is 0 Å². The zero-order chi connectivity index (χ0) is 19.0. The number of rotatable bonds is 9. The molecule has 0 amide bonds. The summed E-state index contributed by atoms with van der Waals surface area (Å²) in [7, 11) is 0. The molecule has 0 aliphatic carbocycles. The first-order chi connectivity index (χ1) is 11.6. The van der Waals surface area contributed by atoms with Gasteiger partial charge in [0.05, 0.1) is 30.3 Å². The van der Waals surface area contributed by atoms with Crippen molar-refractivity contribution in [3.8, 4) is 0 Å². The van der Waals surface area contributed by atoms with Gasteiger partial charge in [0.2, 0.25) is 0 Å². The van der Waals surface area contributed by atoms with Gasteiger partial charge < -0.3 is 14.6 Å². The van der Waals surface area contributed by atoms with E-state index in [0.29, 0.717) is 19.4 Å². The summed E-state index contributed by atoms with van der Waals surface area (Å²) in [5, 5.41) is 10.0. The molecule has 4 nitrogen and oxygen atoms in total. The van der Waals surface area contributed by atoms with E-state index in [1.54, 1.807) is 0 Å². The van der Waals surface area contributed by atoms with Crippen LogP contribution in [0.2, 0.25) is 0 Å². The van der Waals surface area contributed by atoms with E-state index in [2.05, 4.69) is 18.9 Å². The lowest BCUT2D eigenvalue weighted by Gasteiger charge is -2.18. The van der Waals surface area contributed by atoms with Crippen molar-refractivity contribution >= 4 is 5.97 Å². The smallest absolute Gasteiger partial charge is 0.311 e. The number of aliphatic hydroxyl groups excluding tert-OH is 1. The van der Waals surface area contributed by atoms with Crippen molar-refractivity contribution in [2.45, 2.75) is 84.5 Å². The van der Waals surface area contributed by atoms with E-state index in [0.717, 1.165) is 36.8 Å². The summed E-state index contributed by atoms with van der Waals surface area (Å²) in [5.74, 6) is -0.167. The Bertz CT molecular complexity index is 508. The van der Waals surface area contributed by atoms with E-state index < -0.39 is 5.41 Å². The van der Waals surface area contributed by atoms with Gasteiger partial charge in [-0.25, -0.2) is 0 Å². The molecule has 142 valence electrons. The topological polar surface area (TPSA) is 55.8 Å². The third kappa shape index (κ3) is 8.04. The van der Waals surface area contributed by atoms with Crippen molar-refractivity contribution in [3.05, 3.63) is 30.0 Å². The maximum Gasteiger partial charge on any atom is 0.311 e. The van der Waals surface area contributed by atoms with Crippen LogP contribution in [0.1, 0.15) is 66.2 Å². The largest absolute Gasteiger partial charge is 0.465 e. The number of hydrogen-bond donors (Lipinski definition) is 1. The zero-order valence-electron chi connectivity index (χ0n) is 16.3. The fourth-order valence-electron chi connectivity index (χ4n) is 2.81. The predicted molar refractivity (Wildman–Crippen MR) is 100 cm³/mol. The number of carbonyl (C=O) groups is 1. The highest BCUT2D eigenvalue weighted by atomic mass is 16.5. The second-order valence-electron chi connectivity index (χ2n) is 8.03. The van der Waals surface area contributed by atoms with Gasteiger partial charge in [-0.3, -0.25) is 4.79 Å². The number of hydrogen-bond acceptors (Lipinski definition) is 4. The van der Waals surface area contributed by atoms with Crippen molar-refractivity contribution < 1.29 is 19.4 Å². The first kappa shape index (κ1) is 21.7. The fraction of sp³-hybridized carbons (Fsp3) is 0.714. The zero-order valence-corrected chi connectivity index (χ0v) is 16.3. The van der Waals surface area contributed by atoms with Crippen LogP contribution in [-0.4, -0.2) is 36.0 Å². The van der Waals surface area contributed by atoms with Gasteiger partial charge in [-0.15, -0.1) is 5.73 Å². The molecule has 1 aliphatic heterocycles. The highest BCUT2D eigenvalue weighted by Crippen LogP contribution is 2.30. The molecule has 1 rings (SSSR count). The fourth-order valence-corrected chi connectivity index (χ4v) is 2.81. The highest BCUT2D eigenvalue weighted by molar-refractivity contribution is 5.75. The normalized spacial score (nSPS) is 21.7. The summed E-state index contributed by atoms with van der Waals surface area (Å²) >= 11 is 0. The van der Waals surface area contributed by atoms with Crippen LogP contribution in [0.3, 0.4) is 0 Å². The minimum absolute atomic E-state index is 0.0183. The van der Waals surface area contributed by atoms with Gasteiger partial charge in [-0.2, -0.15) is 0 Å². The van der Waals surface area contributed by atoms with Crippen molar-refractivity contribution in [2.75, 3.05) is 6.61 Å². The van der Waals surface area contributed by atoms with Crippen molar-refractivity contribution in [2.24, 2.45) is 5.41 Å². The third-order valence-electron chi connectivity index (χ3n) is 4.42. The van der Waals surface area contributed by atoms with Crippen LogP contribution in [-0.2, 0) is 14.3 Å². The molecule has 0 bridgehead atoms. The average molecular weight is 350 g/mol. The Morgan fingerprint density at radius 1 is 1.44 bits per heavy atom. The lowest BCUT2D eigenvalue weighted by molar-refractivity contribution is -0.153. The van der Waals surface area contributed by atoms with Gasteiger partial charge >= 0.3 is 5.97 Å². The minimum Gasteiger partial charge on any atom is -0.465 e. The second kappa shape index (κ2) is 9.96. The summed E-state index contributed by atoms with van der Waals surface area (Å²) in [6.07, 6.45) is 4.32.